The summed E-state index contributed by atoms with van der Waals surface area (Å²) in [4.78, 5) is 3.96. The Morgan fingerprint density at radius 3 is 2.85 bits per heavy atom. The van der Waals surface area contributed by atoms with E-state index in [1.165, 1.54) is 0 Å². The number of aliphatic hydroxyl groups excluding tert-OH is 1. The van der Waals surface area contributed by atoms with Crippen molar-refractivity contribution in [3.63, 3.8) is 0 Å². The van der Waals surface area contributed by atoms with Crippen LogP contribution < -0.4 is 5.73 Å². The molecule has 70 valence electrons. The van der Waals surface area contributed by atoms with Gasteiger partial charge in [-0.1, -0.05) is 17.7 Å². The summed E-state index contributed by atoms with van der Waals surface area (Å²) in [6.45, 7) is 0. The normalized spacial score (nSPS) is 32.7. The number of hydrogen-bond donors (Lipinski definition) is 2. The van der Waals surface area contributed by atoms with Crippen molar-refractivity contribution in [2.75, 3.05) is 0 Å². The van der Waals surface area contributed by atoms with E-state index in [1.54, 1.807) is 12.3 Å². The molecule has 3 N–H and O–H groups in total. The molecule has 2 rings (SSSR count). The number of aromatic nitrogens is 1. The van der Waals surface area contributed by atoms with Crippen molar-refractivity contribution in [1.82, 2.24) is 4.98 Å². The van der Waals surface area contributed by atoms with Crippen LogP contribution in [0.15, 0.2) is 18.3 Å². The van der Waals surface area contributed by atoms with Crippen LogP contribution in [0.5, 0.6) is 0 Å². The molecule has 4 heteroatoms. The standard InChI is InChI=1S/C9H11ClN2O/c10-8-7(2-1-3-12-8)9(11)4-6(13)5-9/h1-3,6,13H,4-5,11H2. The van der Waals surface area contributed by atoms with E-state index >= 15 is 0 Å². The Balaban J connectivity index is 2.31. The fraction of sp³-hybridized carbons (Fsp3) is 0.444. The Morgan fingerprint density at radius 2 is 2.31 bits per heavy atom. The monoisotopic (exact) mass is 198 g/mol. The molecule has 1 saturated carbocycles. The lowest BCUT2D eigenvalue weighted by Crippen LogP contribution is -2.51. The minimum Gasteiger partial charge on any atom is -0.393 e. The van der Waals surface area contributed by atoms with Gasteiger partial charge in [0.1, 0.15) is 5.15 Å². The van der Waals surface area contributed by atoms with Crippen LogP contribution in [0, 0.1) is 0 Å². The van der Waals surface area contributed by atoms with Gasteiger partial charge in [0, 0.05) is 17.3 Å². The highest BCUT2D eigenvalue weighted by Crippen LogP contribution is 2.40. The Hall–Kier alpha value is -0.640. The van der Waals surface area contributed by atoms with Crippen molar-refractivity contribution in [2.24, 2.45) is 5.73 Å². The van der Waals surface area contributed by atoms with Gasteiger partial charge in [0.25, 0.3) is 0 Å². The first-order valence-corrected chi connectivity index (χ1v) is 4.57. The molecule has 1 aliphatic rings. The summed E-state index contributed by atoms with van der Waals surface area (Å²) >= 11 is 5.90. The highest BCUT2D eigenvalue weighted by atomic mass is 35.5. The van der Waals surface area contributed by atoms with Crippen molar-refractivity contribution in [3.8, 4) is 0 Å². The molecule has 0 aliphatic heterocycles. The average Bonchev–Trinajstić information content (AvgIpc) is 2.02. The minimum atomic E-state index is -0.468. The fourth-order valence-corrected chi connectivity index (χ4v) is 2.07. The Morgan fingerprint density at radius 1 is 1.62 bits per heavy atom. The maximum atomic E-state index is 9.19. The minimum absolute atomic E-state index is 0.290. The molecule has 1 aromatic heterocycles. The first-order chi connectivity index (χ1) is 6.12. The molecule has 0 radical (unpaired) electrons. The molecule has 13 heavy (non-hydrogen) atoms. The van der Waals surface area contributed by atoms with Crippen molar-refractivity contribution in [3.05, 3.63) is 29.0 Å². The zero-order chi connectivity index (χ0) is 9.47. The van der Waals surface area contributed by atoms with Gasteiger partial charge in [-0.3, -0.25) is 0 Å². The number of halogens is 1. The summed E-state index contributed by atoms with van der Waals surface area (Å²) in [6, 6.07) is 3.67. The lowest BCUT2D eigenvalue weighted by atomic mass is 9.71. The van der Waals surface area contributed by atoms with Crippen LogP contribution >= 0.6 is 11.6 Å². The van der Waals surface area contributed by atoms with Crippen LogP contribution in [0.2, 0.25) is 5.15 Å². The van der Waals surface area contributed by atoms with Gasteiger partial charge in [0.15, 0.2) is 0 Å². The lowest BCUT2D eigenvalue weighted by Gasteiger charge is -2.42. The van der Waals surface area contributed by atoms with Crippen LogP contribution in [-0.2, 0) is 5.54 Å². The summed E-state index contributed by atoms with van der Waals surface area (Å²) in [5, 5.41) is 9.63. The Kier molecular flexibility index (Phi) is 2.02. The SMILES string of the molecule is NC1(c2cccnc2Cl)CC(O)C1. The lowest BCUT2D eigenvalue weighted by molar-refractivity contribution is 0.0208. The van der Waals surface area contributed by atoms with Crippen molar-refractivity contribution in [2.45, 2.75) is 24.5 Å². The molecule has 1 heterocycles. The molecule has 1 aliphatic carbocycles. The second-order valence-corrected chi connectivity index (χ2v) is 3.92. The molecule has 0 bridgehead atoms. The first-order valence-electron chi connectivity index (χ1n) is 4.20. The van der Waals surface area contributed by atoms with Gasteiger partial charge < -0.3 is 10.8 Å². The van der Waals surface area contributed by atoms with Gasteiger partial charge in [0.05, 0.1) is 6.10 Å². The third-order valence-electron chi connectivity index (χ3n) is 2.50. The second kappa shape index (κ2) is 2.94. The Labute approximate surface area is 81.5 Å². The summed E-state index contributed by atoms with van der Waals surface area (Å²) < 4.78 is 0. The molecular formula is C9H11ClN2O. The van der Waals surface area contributed by atoms with Gasteiger partial charge in [-0.25, -0.2) is 4.98 Å². The molecule has 0 unspecified atom stereocenters. The van der Waals surface area contributed by atoms with Gasteiger partial charge in [-0.2, -0.15) is 0 Å². The van der Waals surface area contributed by atoms with Crippen molar-refractivity contribution >= 4 is 11.6 Å². The number of pyridine rings is 1. The van der Waals surface area contributed by atoms with Crippen LogP contribution in [0.3, 0.4) is 0 Å². The largest absolute Gasteiger partial charge is 0.393 e. The summed E-state index contributed by atoms with van der Waals surface area (Å²) in [5.74, 6) is 0. The predicted molar refractivity (Wildman–Crippen MR) is 50.4 cm³/mol. The third kappa shape index (κ3) is 1.43. The van der Waals surface area contributed by atoms with Gasteiger partial charge in [-0.15, -0.1) is 0 Å². The summed E-state index contributed by atoms with van der Waals surface area (Å²) in [6.07, 6.45) is 2.47. The fourth-order valence-electron chi connectivity index (χ4n) is 1.76. The van der Waals surface area contributed by atoms with E-state index in [0.29, 0.717) is 18.0 Å². The zero-order valence-electron chi connectivity index (χ0n) is 7.07. The number of rotatable bonds is 1. The topological polar surface area (TPSA) is 59.1 Å². The zero-order valence-corrected chi connectivity index (χ0v) is 7.83. The third-order valence-corrected chi connectivity index (χ3v) is 2.80. The maximum absolute atomic E-state index is 9.19. The van der Waals surface area contributed by atoms with Crippen LogP contribution in [0.1, 0.15) is 18.4 Å². The molecule has 3 nitrogen and oxygen atoms in total. The molecule has 0 aromatic carbocycles. The smallest absolute Gasteiger partial charge is 0.134 e. The molecule has 1 fully saturated rings. The quantitative estimate of drug-likeness (QED) is 0.663. The van der Waals surface area contributed by atoms with E-state index in [9.17, 15) is 5.11 Å². The van der Waals surface area contributed by atoms with Gasteiger partial charge >= 0.3 is 0 Å². The van der Waals surface area contributed by atoms with Crippen LogP contribution in [0.25, 0.3) is 0 Å². The van der Waals surface area contributed by atoms with Gasteiger partial charge in [0.2, 0.25) is 0 Å². The van der Waals surface area contributed by atoms with Crippen LogP contribution in [0.4, 0.5) is 0 Å². The summed E-state index contributed by atoms with van der Waals surface area (Å²) in [5.41, 5.74) is 6.40. The van der Waals surface area contributed by atoms with Gasteiger partial charge in [-0.05, 0) is 18.9 Å². The molecular weight excluding hydrogens is 188 g/mol. The number of nitrogens with zero attached hydrogens (tertiary/aromatic N) is 1. The molecule has 0 amide bonds. The van der Waals surface area contributed by atoms with E-state index in [0.717, 1.165) is 5.56 Å². The Bertz CT molecular complexity index is 323. The van der Waals surface area contributed by atoms with E-state index in [-0.39, 0.29) is 6.10 Å². The number of hydrogen-bond acceptors (Lipinski definition) is 3. The maximum Gasteiger partial charge on any atom is 0.134 e. The molecule has 0 atom stereocenters. The molecule has 0 spiro atoms. The first kappa shape index (κ1) is 8.94. The predicted octanol–water partition coefficient (Wildman–Crippen LogP) is 1.04. The van der Waals surface area contributed by atoms with E-state index in [2.05, 4.69) is 4.98 Å². The van der Waals surface area contributed by atoms with E-state index in [1.807, 2.05) is 6.07 Å². The second-order valence-electron chi connectivity index (χ2n) is 3.56. The number of nitrogens with two attached hydrogens (primary N) is 1. The highest BCUT2D eigenvalue weighted by Gasteiger charge is 2.42. The highest BCUT2D eigenvalue weighted by molar-refractivity contribution is 6.30. The van der Waals surface area contributed by atoms with Crippen molar-refractivity contribution < 1.29 is 5.11 Å². The van der Waals surface area contributed by atoms with Crippen LogP contribution in [-0.4, -0.2) is 16.2 Å². The van der Waals surface area contributed by atoms with Crippen molar-refractivity contribution in [1.29, 1.82) is 0 Å². The molecule has 0 saturated heterocycles. The molecule has 1 aromatic rings. The average molecular weight is 199 g/mol. The summed E-state index contributed by atoms with van der Waals surface area (Å²) in [7, 11) is 0. The number of aliphatic hydroxyl groups is 1. The van der Waals surface area contributed by atoms with E-state index in [4.69, 9.17) is 17.3 Å². The van der Waals surface area contributed by atoms with E-state index < -0.39 is 5.54 Å².